The second-order valence-corrected chi connectivity index (χ2v) is 12.1. The lowest BCUT2D eigenvalue weighted by Gasteiger charge is -2.39. The molecule has 2 saturated heterocycles. The Bertz CT molecular complexity index is 1460. The highest BCUT2D eigenvalue weighted by Crippen LogP contribution is 2.55. The van der Waals surface area contributed by atoms with Crippen molar-refractivity contribution in [3.63, 3.8) is 0 Å². The number of halogens is 3. The molecule has 3 heterocycles. The Hall–Kier alpha value is -3.90. The minimum atomic E-state index is -4.61. The Morgan fingerprint density at radius 3 is 2.50 bits per heavy atom. The summed E-state index contributed by atoms with van der Waals surface area (Å²) in [5, 5.41) is 7.87. The molecule has 1 aromatic carbocycles. The largest absolute Gasteiger partial charge is 0.417 e. The summed E-state index contributed by atoms with van der Waals surface area (Å²) in [6, 6.07) is 2.46. The summed E-state index contributed by atoms with van der Waals surface area (Å²) in [6.07, 6.45) is 0.0625. The number of H-pyrrole nitrogens is 1. The third-order valence-electron chi connectivity index (χ3n) is 9.06. The number of likely N-dealkylation sites (tertiary alicyclic amines) is 1. The SMILES string of the molecule is O=C(NC1CC1)C(=O)[C@H](C[C@@H]1CCNC1=O)NC(=O)[C@@H]1CC2(CCN1C(=O)c1cc3c(C(F)(F)F)cccc3[nH]1)CC2. The average Bonchev–Trinajstić information content (AvgIpc) is 3.83. The van der Waals surface area contributed by atoms with Gasteiger partial charge in [0.05, 0.1) is 11.6 Å². The van der Waals surface area contributed by atoms with Gasteiger partial charge in [0.25, 0.3) is 11.8 Å². The van der Waals surface area contributed by atoms with Crippen molar-refractivity contribution in [3.8, 4) is 0 Å². The highest BCUT2D eigenvalue weighted by Gasteiger charge is 2.51. The molecule has 13 heteroatoms. The number of aromatic amines is 1. The van der Waals surface area contributed by atoms with Gasteiger partial charge in [-0.3, -0.25) is 24.0 Å². The van der Waals surface area contributed by atoms with Crippen molar-refractivity contribution < 1.29 is 37.1 Å². The number of hydrogen-bond donors (Lipinski definition) is 4. The van der Waals surface area contributed by atoms with Crippen LogP contribution in [0.3, 0.4) is 0 Å². The van der Waals surface area contributed by atoms with E-state index in [1.807, 2.05) is 0 Å². The number of benzene rings is 1. The Kier molecular flexibility index (Phi) is 7.01. The Morgan fingerprint density at radius 2 is 1.86 bits per heavy atom. The van der Waals surface area contributed by atoms with Crippen LogP contribution in [0.2, 0.25) is 0 Å². The van der Waals surface area contributed by atoms with Crippen molar-refractivity contribution in [1.29, 1.82) is 0 Å². The van der Waals surface area contributed by atoms with Crippen molar-refractivity contribution in [2.45, 2.75) is 75.7 Å². The number of nitrogens with zero attached hydrogens (tertiary/aromatic N) is 1. The van der Waals surface area contributed by atoms with E-state index in [4.69, 9.17) is 0 Å². The first kappa shape index (κ1) is 28.2. The van der Waals surface area contributed by atoms with Crippen LogP contribution >= 0.6 is 0 Å². The lowest BCUT2D eigenvalue weighted by molar-refractivity contribution is -0.141. The molecule has 1 spiro atoms. The fraction of sp³-hybridized carbons (Fsp3) is 0.552. The van der Waals surface area contributed by atoms with E-state index in [1.165, 1.54) is 17.0 Å². The first-order valence-electron chi connectivity index (χ1n) is 14.4. The minimum absolute atomic E-state index is 0.0530. The molecular weight excluding hydrogens is 555 g/mol. The summed E-state index contributed by atoms with van der Waals surface area (Å²) in [7, 11) is 0. The quantitative estimate of drug-likeness (QED) is 0.351. The molecule has 6 rings (SSSR count). The molecule has 224 valence electrons. The normalized spacial score (nSPS) is 23.9. The first-order valence-corrected chi connectivity index (χ1v) is 14.4. The maximum absolute atomic E-state index is 13.8. The van der Waals surface area contributed by atoms with Crippen molar-refractivity contribution in [1.82, 2.24) is 25.8 Å². The van der Waals surface area contributed by atoms with Gasteiger partial charge in [-0.2, -0.15) is 13.2 Å². The van der Waals surface area contributed by atoms with Crippen LogP contribution in [-0.2, 0) is 25.4 Å². The number of rotatable bonds is 8. The predicted octanol–water partition coefficient (Wildman–Crippen LogP) is 2.43. The van der Waals surface area contributed by atoms with Gasteiger partial charge in [-0.1, -0.05) is 6.07 Å². The zero-order valence-corrected chi connectivity index (χ0v) is 22.8. The van der Waals surface area contributed by atoms with Crippen molar-refractivity contribution in [2.75, 3.05) is 13.1 Å². The van der Waals surface area contributed by atoms with Crippen LogP contribution in [0.1, 0.15) is 67.4 Å². The molecule has 1 aromatic heterocycles. The van der Waals surface area contributed by atoms with Crippen molar-refractivity contribution in [2.24, 2.45) is 11.3 Å². The molecule has 2 aromatic rings. The summed E-state index contributed by atoms with van der Waals surface area (Å²) in [5.41, 5.74) is -0.920. The molecule has 2 aliphatic carbocycles. The van der Waals surface area contributed by atoms with Gasteiger partial charge in [-0.15, -0.1) is 0 Å². The van der Waals surface area contributed by atoms with Crippen LogP contribution in [0.4, 0.5) is 13.2 Å². The van der Waals surface area contributed by atoms with E-state index in [1.54, 1.807) is 0 Å². The fourth-order valence-electron chi connectivity index (χ4n) is 6.21. The van der Waals surface area contributed by atoms with E-state index in [0.29, 0.717) is 25.8 Å². The molecule has 3 atom stereocenters. The molecule has 4 amide bonds. The number of hydrogen-bond acceptors (Lipinski definition) is 5. The Labute approximate surface area is 239 Å². The van der Waals surface area contributed by atoms with Crippen LogP contribution in [0.5, 0.6) is 0 Å². The molecule has 2 aliphatic heterocycles. The van der Waals surface area contributed by atoms with Gasteiger partial charge in [0, 0.05) is 36.0 Å². The summed E-state index contributed by atoms with van der Waals surface area (Å²) >= 11 is 0. The standard InChI is InChI=1S/C29H32F3N5O5/c30-29(31,32)18-2-1-3-19-17(18)13-21(35-19)27(42)37-11-9-28(7-8-28)14-22(37)25(40)36-20(12-15-6-10-33-24(15)39)23(38)26(41)34-16-4-5-16/h1-3,13,15-16,20,22,35H,4-12,14H2,(H,33,39)(H,34,41)(H,36,40)/t15-,20-,22-/m0/s1. The molecule has 10 nitrogen and oxygen atoms in total. The maximum atomic E-state index is 13.8. The minimum Gasteiger partial charge on any atom is -0.356 e. The van der Waals surface area contributed by atoms with Gasteiger partial charge in [0.2, 0.25) is 17.6 Å². The maximum Gasteiger partial charge on any atom is 0.417 e. The van der Waals surface area contributed by atoms with E-state index in [-0.39, 0.29) is 46.9 Å². The van der Waals surface area contributed by atoms with E-state index in [0.717, 1.165) is 37.8 Å². The van der Waals surface area contributed by atoms with Crippen LogP contribution in [0, 0.1) is 11.3 Å². The third-order valence-corrected chi connectivity index (χ3v) is 9.06. The fourth-order valence-corrected chi connectivity index (χ4v) is 6.21. The predicted molar refractivity (Wildman–Crippen MR) is 143 cm³/mol. The number of alkyl halides is 3. The summed E-state index contributed by atoms with van der Waals surface area (Å²) in [5.74, 6) is -3.74. The smallest absolute Gasteiger partial charge is 0.356 e. The number of Topliss-reactive ketones (excluding diaryl/α,β-unsaturated/α-hetero) is 1. The van der Waals surface area contributed by atoms with E-state index in [9.17, 15) is 37.1 Å². The highest BCUT2D eigenvalue weighted by atomic mass is 19.4. The summed E-state index contributed by atoms with van der Waals surface area (Å²) < 4.78 is 40.8. The number of amides is 4. The molecule has 42 heavy (non-hydrogen) atoms. The lowest BCUT2D eigenvalue weighted by atomic mass is 9.86. The summed E-state index contributed by atoms with van der Waals surface area (Å²) in [4.78, 5) is 69.7. The number of nitrogens with one attached hydrogen (secondary N) is 4. The van der Waals surface area contributed by atoms with Gasteiger partial charge in [-0.25, -0.2) is 0 Å². The van der Waals surface area contributed by atoms with Gasteiger partial charge >= 0.3 is 6.18 Å². The lowest BCUT2D eigenvalue weighted by Crippen LogP contribution is -2.58. The monoisotopic (exact) mass is 587 g/mol. The van der Waals surface area contributed by atoms with Crippen LogP contribution < -0.4 is 16.0 Å². The molecule has 0 bridgehead atoms. The van der Waals surface area contributed by atoms with Crippen molar-refractivity contribution >= 4 is 40.3 Å². The molecule has 0 unspecified atom stereocenters. The zero-order chi connectivity index (χ0) is 29.8. The second-order valence-electron chi connectivity index (χ2n) is 12.1. The highest BCUT2D eigenvalue weighted by molar-refractivity contribution is 6.38. The molecule has 4 N–H and O–H groups in total. The van der Waals surface area contributed by atoms with Gasteiger partial charge in [0.1, 0.15) is 11.7 Å². The van der Waals surface area contributed by atoms with Gasteiger partial charge < -0.3 is 25.8 Å². The van der Waals surface area contributed by atoms with Crippen LogP contribution in [0.25, 0.3) is 10.9 Å². The number of aromatic nitrogens is 1. The number of carbonyl (C=O) groups excluding carboxylic acids is 5. The molecule has 2 saturated carbocycles. The van der Waals surface area contributed by atoms with E-state index < -0.39 is 53.2 Å². The van der Waals surface area contributed by atoms with E-state index >= 15 is 0 Å². The zero-order valence-electron chi connectivity index (χ0n) is 22.8. The number of ketones is 1. The number of carbonyl (C=O) groups is 5. The number of piperidine rings is 1. The Morgan fingerprint density at radius 1 is 1.10 bits per heavy atom. The van der Waals surface area contributed by atoms with E-state index in [2.05, 4.69) is 20.9 Å². The molecule has 4 fully saturated rings. The first-order chi connectivity index (χ1) is 19.9. The molecule has 0 radical (unpaired) electrons. The summed E-state index contributed by atoms with van der Waals surface area (Å²) in [6.45, 7) is 0.644. The molecule has 4 aliphatic rings. The van der Waals surface area contributed by atoms with Gasteiger partial charge in [-0.05, 0) is 75.0 Å². The van der Waals surface area contributed by atoms with Crippen molar-refractivity contribution in [3.05, 3.63) is 35.5 Å². The van der Waals surface area contributed by atoms with Crippen LogP contribution in [-0.4, -0.2) is 70.5 Å². The average molecular weight is 588 g/mol. The molecular formula is C29H32F3N5O5. The topological polar surface area (TPSA) is 140 Å². The Balaban J connectivity index is 1.25. The van der Waals surface area contributed by atoms with Crippen LogP contribution in [0.15, 0.2) is 24.3 Å². The number of fused-ring (bicyclic) bond motifs is 1. The second kappa shape index (κ2) is 10.4. The third kappa shape index (κ3) is 5.60. The van der Waals surface area contributed by atoms with Gasteiger partial charge in [0.15, 0.2) is 0 Å².